The molecule has 2 N–H and O–H groups in total. The highest BCUT2D eigenvalue weighted by atomic mass is 16.2. The largest absolute Gasteiger partial charge is 0.342 e. The van der Waals surface area contributed by atoms with Gasteiger partial charge >= 0.3 is 0 Å². The highest BCUT2D eigenvalue weighted by molar-refractivity contribution is 5.79. The van der Waals surface area contributed by atoms with Gasteiger partial charge in [0.05, 0.1) is 6.42 Å². The third-order valence-electron chi connectivity index (χ3n) is 5.96. The van der Waals surface area contributed by atoms with E-state index in [1.807, 2.05) is 42.2 Å². The Labute approximate surface area is 187 Å². The van der Waals surface area contributed by atoms with Crippen LogP contribution in [0.25, 0.3) is 0 Å². The number of piperidine rings is 1. The molecule has 1 aliphatic heterocycles. The molecule has 0 atom stereocenters. The molecule has 32 heavy (non-hydrogen) atoms. The third kappa shape index (κ3) is 4.85. The lowest BCUT2D eigenvalue weighted by Gasteiger charge is -2.32. The number of pyridine rings is 2. The van der Waals surface area contributed by atoms with Crippen LogP contribution in [0.2, 0.25) is 0 Å². The van der Waals surface area contributed by atoms with Gasteiger partial charge in [0.15, 0.2) is 0 Å². The molecule has 1 amide bonds. The molecule has 1 saturated heterocycles. The summed E-state index contributed by atoms with van der Waals surface area (Å²) in [7, 11) is 0. The number of hydrogen-bond acceptors (Lipinski definition) is 6. The van der Waals surface area contributed by atoms with Gasteiger partial charge in [-0.25, -0.2) is 15.0 Å². The van der Waals surface area contributed by atoms with Gasteiger partial charge in [0.1, 0.15) is 17.5 Å². The van der Waals surface area contributed by atoms with E-state index in [1.165, 1.54) is 0 Å². The van der Waals surface area contributed by atoms with E-state index in [0.717, 1.165) is 35.7 Å². The van der Waals surface area contributed by atoms with Crippen molar-refractivity contribution >= 4 is 17.5 Å². The minimum absolute atomic E-state index is 0.0308. The van der Waals surface area contributed by atoms with E-state index in [0.29, 0.717) is 30.2 Å². The Hall–Kier alpha value is -3.55. The van der Waals surface area contributed by atoms with Gasteiger partial charge in [-0.1, -0.05) is 12.1 Å². The van der Waals surface area contributed by atoms with E-state index in [1.54, 1.807) is 20.0 Å². The smallest absolute Gasteiger partial charge is 0.254 e. The Morgan fingerprint density at radius 2 is 1.91 bits per heavy atom. The van der Waals surface area contributed by atoms with E-state index in [-0.39, 0.29) is 23.8 Å². The number of amides is 1. The molecule has 0 spiro atoms. The first kappa shape index (κ1) is 21.7. The minimum atomic E-state index is -0.227. The molecule has 0 aromatic carbocycles. The molecule has 4 rings (SSSR count). The van der Waals surface area contributed by atoms with Crippen LogP contribution in [0.15, 0.2) is 41.3 Å². The molecule has 0 unspecified atom stereocenters. The molecule has 1 aliphatic rings. The van der Waals surface area contributed by atoms with Crippen molar-refractivity contribution in [1.82, 2.24) is 24.8 Å². The highest BCUT2D eigenvalue weighted by Gasteiger charge is 2.26. The summed E-state index contributed by atoms with van der Waals surface area (Å²) in [5.74, 6) is 2.39. The Morgan fingerprint density at radius 3 is 2.62 bits per heavy atom. The van der Waals surface area contributed by atoms with E-state index >= 15 is 0 Å². The van der Waals surface area contributed by atoms with Crippen LogP contribution in [0, 0.1) is 20.8 Å². The minimum Gasteiger partial charge on any atom is -0.342 e. The Bertz CT molecular complexity index is 1180. The predicted molar refractivity (Wildman–Crippen MR) is 123 cm³/mol. The van der Waals surface area contributed by atoms with Crippen molar-refractivity contribution in [3.63, 3.8) is 0 Å². The Kier molecular flexibility index (Phi) is 6.30. The molecule has 8 heteroatoms. The number of aryl methyl sites for hydroxylation is 3. The fraction of sp³-hybridized carbons (Fsp3) is 0.375. The number of nitrogens with one attached hydrogen (secondary N) is 2. The SMILES string of the molecule is Cc1nc(C)c(CC(=O)N2CCC(c3cccc(Nc4ncccc4C)n3)CC2)c(=O)[nH]1. The number of anilines is 2. The molecule has 8 nitrogen and oxygen atoms in total. The van der Waals surface area contributed by atoms with Crippen LogP contribution in [0.5, 0.6) is 0 Å². The summed E-state index contributed by atoms with van der Waals surface area (Å²) in [5, 5.41) is 3.30. The number of aromatic nitrogens is 4. The Balaban J connectivity index is 1.38. The van der Waals surface area contributed by atoms with E-state index < -0.39 is 0 Å². The van der Waals surface area contributed by atoms with Gasteiger partial charge in [0.25, 0.3) is 5.56 Å². The van der Waals surface area contributed by atoms with Crippen LogP contribution in [0.3, 0.4) is 0 Å². The molecule has 3 aromatic rings. The summed E-state index contributed by atoms with van der Waals surface area (Å²) in [4.78, 5) is 43.0. The van der Waals surface area contributed by atoms with E-state index in [4.69, 9.17) is 4.98 Å². The average molecular weight is 433 g/mol. The van der Waals surface area contributed by atoms with Crippen molar-refractivity contribution in [3.05, 3.63) is 75.2 Å². The second kappa shape index (κ2) is 9.30. The maximum atomic E-state index is 12.8. The van der Waals surface area contributed by atoms with Crippen molar-refractivity contribution in [1.29, 1.82) is 0 Å². The van der Waals surface area contributed by atoms with Gasteiger partial charge in [-0.2, -0.15) is 0 Å². The highest BCUT2D eigenvalue weighted by Crippen LogP contribution is 2.28. The van der Waals surface area contributed by atoms with Crippen molar-refractivity contribution in [2.45, 2.75) is 46.0 Å². The van der Waals surface area contributed by atoms with Crippen LogP contribution in [-0.4, -0.2) is 43.8 Å². The number of likely N-dealkylation sites (tertiary alicyclic amines) is 1. The van der Waals surface area contributed by atoms with Crippen molar-refractivity contribution < 1.29 is 4.79 Å². The zero-order valence-electron chi connectivity index (χ0n) is 18.7. The van der Waals surface area contributed by atoms with Crippen molar-refractivity contribution in [2.24, 2.45) is 0 Å². The van der Waals surface area contributed by atoms with Crippen LogP contribution in [0.4, 0.5) is 11.6 Å². The molecular formula is C24H28N6O2. The number of carbonyl (C=O) groups excluding carboxylic acids is 1. The lowest BCUT2D eigenvalue weighted by molar-refractivity contribution is -0.131. The van der Waals surface area contributed by atoms with Crippen molar-refractivity contribution in [3.8, 4) is 0 Å². The van der Waals surface area contributed by atoms with Crippen molar-refractivity contribution in [2.75, 3.05) is 18.4 Å². The topological polar surface area (TPSA) is 104 Å². The zero-order chi connectivity index (χ0) is 22.7. The molecule has 0 aliphatic carbocycles. The van der Waals surface area contributed by atoms with Gasteiger partial charge in [-0.15, -0.1) is 0 Å². The van der Waals surface area contributed by atoms with Crippen LogP contribution >= 0.6 is 0 Å². The normalized spacial score (nSPS) is 14.4. The zero-order valence-corrected chi connectivity index (χ0v) is 18.7. The van der Waals surface area contributed by atoms with Gasteiger partial charge in [0.2, 0.25) is 5.91 Å². The van der Waals surface area contributed by atoms with Gasteiger partial charge < -0.3 is 15.2 Å². The second-order valence-electron chi connectivity index (χ2n) is 8.29. The van der Waals surface area contributed by atoms with E-state index in [2.05, 4.69) is 20.3 Å². The van der Waals surface area contributed by atoms with Gasteiger partial charge in [-0.05, 0) is 57.4 Å². The van der Waals surface area contributed by atoms with Gasteiger partial charge in [-0.3, -0.25) is 9.59 Å². The summed E-state index contributed by atoms with van der Waals surface area (Å²) in [6, 6.07) is 9.89. The number of hydrogen-bond donors (Lipinski definition) is 2. The number of carbonyl (C=O) groups is 1. The fourth-order valence-electron chi connectivity index (χ4n) is 4.13. The molecule has 166 valence electrons. The molecule has 0 bridgehead atoms. The molecule has 4 heterocycles. The molecule has 0 radical (unpaired) electrons. The Morgan fingerprint density at radius 1 is 1.12 bits per heavy atom. The number of nitrogens with zero attached hydrogens (tertiary/aromatic N) is 4. The number of aromatic amines is 1. The standard InChI is InChI=1S/C24H28N6O2/c1-15-6-5-11-25-23(15)29-21-8-4-7-20(28-21)18-9-12-30(13-10-18)22(31)14-19-16(2)26-17(3)27-24(19)32/h4-8,11,18H,9-10,12-14H2,1-3H3,(H,25,28,29)(H,26,27,32). The summed E-state index contributed by atoms with van der Waals surface area (Å²) in [6.07, 6.45) is 3.52. The molecule has 1 fully saturated rings. The summed E-state index contributed by atoms with van der Waals surface area (Å²) >= 11 is 0. The molecule has 0 saturated carbocycles. The van der Waals surface area contributed by atoms with Crippen LogP contribution < -0.4 is 10.9 Å². The number of H-pyrrole nitrogens is 1. The first-order chi connectivity index (χ1) is 15.4. The monoisotopic (exact) mass is 432 g/mol. The third-order valence-corrected chi connectivity index (χ3v) is 5.96. The summed E-state index contributed by atoms with van der Waals surface area (Å²) in [5.41, 5.74) is 2.92. The quantitative estimate of drug-likeness (QED) is 0.642. The summed E-state index contributed by atoms with van der Waals surface area (Å²) < 4.78 is 0. The maximum Gasteiger partial charge on any atom is 0.254 e. The lowest BCUT2D eigenvalue weighted by Crippen LogP contribution is -2.40. The molecule has 3 aromatic heterocycles. The predicted octanol–water partition coefficient (Wildman–Crippen LogP) is 3.18. The average Bonchev–Trinajstić information content (AvgIpc) is 2.78. The summed E-state index contributed by atoms with van der Waals surface area (Å²) in [6.45, 7) is 6.82. The first-order valence-corrected chi connectivity index (χ1v) is 10.9. The lowest BCUT2D eigenvalue weighted by atomic mass is 9.92. The molecular weight excluding hydrogens is 404 g/mol. The first-order valence-electron chi connectivity index (χ1n) is 10.9. The van der Waals surface area contributed by atoms with Crippen LogP contribution in [-0.2, 0) is 11.2 Å². The van der Waals surface area contributed by atoms with Crippen LogP contribution in [0.1, 0.15) is 47.1 Å². The number of rotatable bonds is 5. The van der Waals surface area contributed by atoms with E-state index in [9.17, 15) is 9.59 Å². The van der Waals surface area contributed by atoms with Gasteiger partial charge in [0, 0.05) is 42.2 Å². The fourth-order valence-corrected chi connectivity index (χ4v) is 4.13. The maximum absolute atomic E-state index is 12.8. The second-order valence-corrected chi connectivity index (χ2v) is 8.29.